The van der Waals surface area contributed by atoms with Gasteiger partial charge in [0.15, 0.2) is 8.07 Å². The molecule has 1 heteroatoms. The van der Waals surface area contributed by atoms with Crippen LogP contribution in [-0.4, -0.2) is 8.07 Å². The summed E-state index contributed by atoms with van der Waals surface area (Å²) in [5.41, 5.74) is 4.16. The van der Waals surface area contributed by atoms with Gasteiger partial charge in [-0.25, -0.2) is 0 Å². The molecule has 1 heterocycles. The molecule has 160 valence electrons. The molecule has 1 aliphatic rings. The molecule has 0 aliphatic carbocycles. The number of rotatable bonds is 2. The first-order valence-corrected chi connectivity index (χ1v) is 14.0. The summed E-state index contributed by atoms with van der Waals surface area (Å²) in [5.74, 6) is 0. The Balaban J connectivity index is 1.80. The Morgan fingerprint density at radius 3 is 1.85 bits per heavy atom. The van der Waals surface area contributed by atoms with E-state index in [0.717, 1.165) is 0 Å². The fourth-order valence-electron chi connectivity index (χ4n) is 6.29. The lowest BCUT2D eigenvalue weighted by Gasteiger charge is -2.32. The van der Waals surface area contributed by atoms with Gasteiger partial charge in [0.2, 0.25) is 0 Å². The average Bonchev–Trinajstić information content (AvgIpc) is 3.20. The predicted molar refractivity (Wildman–Crippen MR) is 149 cm³/mol. The Kier molecular flexibility index (Phi) is 4.18. The largest absolute Gasteiger partial charge is 0.181 e. The zero-order valence-corrected chi connectivity index (χ0v) is 20.1. The van der Waals surface area contributed by atoms with Crippen molar-refractivity contribution in [2.24, 2.45) is 0 Å². The van der Waals surface area contributed by atoms with Gasteiger partial charge in [-0.1, -0.05) is 127 Å². The van der Waals surface area contributed by atoms with E-state index in [4.69, 9.17) is 0 Å². The van der Waals surface area contributed by atoms with Gasteiger partial charge in [-0.15, -0.1) is 0 Å². The Morgan fingerprint density at radius 2 is 1.12 bits per heavy atom. The molecule has 0 fully saturated rings. The van der Waals surface area contributed by atoms with Crippen molar-refractivity contribution in [3.8, 4) is 11.1 Å². The Labute approximate surface area is 201 Å². The van der Waals surface area contributed by atoms with Crippen LogP contribution in [0.1, 0.15) is 5.56 Å². The lowest BCUT2D eigenvalue weighted by Crippen LogP contribution is -2.73. The molecule has 0 amide bonds. The standard InChI is InChI=1S/C33H24Si/c1-23-22-30-29-18-10-11-19-31(29)34(25-13-4-2-5-14-25,26-15-6-3-7-16-26)33(30)32-27(23)21-20-24-12-8-9-17-28(24)32/h2-22H,1H3. The fourth-order valence-corrected chi connectivity index (χ4v) is 11.7. The van der Waals surface area contributed by atoms with E-state index in [9.17, 15) is 0 Å². The summed E-state index contributed by atoms with van der Waals surface area (Å²) in [7, 11) is -2.53. The summed E-state index contributed by atoms with van der Waals surface area (Å²) in [5, 5.41) is 11.4. The van der Waals surface area contributed by atoms with Crippen LogP contribution in [0.5, 0.6) is 0 Å². The van der Waals surface area contributed by atoms with Crippen LogP contribution in [-0.2, 0) is 0 Å². The molecule has 0 saturated heterocycles. The predicted octanol–water partition coefficient (Wildman–Crippen LogP) is 5.66. The summed E-state index contributed by atoms with van der Waals surface area (Å²) >= 11 is 0. The van der Waals surface area contributed by atoms with Crippen molar-refractivity contribution >= 4 is 50.4 Å². The van der Waals surface area contributed by atoms with Crippen LogP contribution < -0.4 is 20.7 Å². The molecular formula is C33H24Si. The van der Waals surface area contributed by atoms with Crippen molar-refractivity contribution < 1.29 is 0 Å². The van der Waals surface area contributed by atoms with Crippen LogP contribution in [0.4, 0.5) is 0 Å². The first-order valence-electron chi connectivity index (χ1n) is 12.0. The Hall–Kier alpha value is -3.94. The van der Waals surface area contributed by atoms with Crippen molar-refractivity contribution in [1.29, 1.82) is 0 Å². The fraction of sp³-hybridized carbons (Fsp3) is 0.0303. The first kappa shape index (κ1) is 19.5. The van der Waals surface area contributed by atoms with Crippen LogP contribution in [0.2, 0.25) is 0 Å². The highest BCUT2D eigenvalue weighted by atomic mass is 28.3. The maximum Gasteiger partial charge on any atom is 0.181 e. The molecule has 0 saturated carbocycles. The summed E-state index contributed by atoms with van der Waals surface area (Å²) < 4.78 is 0. The zero-order valence-electron chi connectivity index (χ0n) is 19.1. The van der Waals surface area contributed by atoms with Crippen LogP contribution in [0.3, 0.4) is 0 Å². The molecule has 6 aromatic rings. The van der Waals surface area contributed by atoms with E-state index in [0.29, 0.717) is 0 Å². The minimum atomic E-state index is -2.53. The van der Waals surface area contributed by atoms with Crippen molar-refractivity contribution in [2.75, 3.05) is 0 Å². The summed E-state index contributed by atoms with van der Waals surface area (Å²) in [6, 6.07) is 47.7. The quantitative estimate of drug-likeness (QED) is 0.236. The maximum absolute atomic E-state index is 2.53. The van der Waals surface area contributed by atoms with E-state index >= 15 is 0 Å². The minimum Gasteiger partial charge on any atom is -0.0623 e. The molecule has 1 aliphatic heterocycles. The van der Waals surface area contributed by atoms with Gasteiger partial charge < -0.3 is 0 Å². The van der Waals surface area contributed by atoms with Gasteiger partial charge in [0.05, 0.1) is 0 Å². The molecule has 6 aromatic carbocycles. The lowest BCUT2D eigenvalue weighted by atomic mass is 9.94. The second kappa shape index (κ2) is 7.28. The third kappa shape index (κ3) is 2.48. The smallest absolute Gasteiger partial charge is 0.0623 e. The van der Waals surface area contributed by atoms with Crippen molar-refractivity contribution in [3.05, 3.63) is 133 Å². The summed E-state index contributed by atoms with van der Waals surface area (Å²) in [4.78, 5) is 0. The third-order valence-corrected chi connectivity index (χ3v) is 12.6. The molecule has 34 heavy (non-hydrogen) atoms. The second-order valence-corrected chi connectivity index (χ2v) is 13.0. The molecule has 0 N–H and O–H groups in total. The van der Waals surface area contributed by atoms with Gasteiger partial charge in [-0.05, 0) is 65.9 Å². The molecule has 0 nitrogen and oxygen atoms in total. The van der Waals surface area contributed by atoms with Gasteiger partial charge >= 0.3 is 0 Å². The summed E-state index contributed by atoms with van der Waals surface area (Å²) in [6.07, 6.45) is 0. The van der Waals surface area contributed by atoms with E-state index < -0.39 is 8.07 Å². The highest BCUT2D eigenvalue weighted by Gasteiger charge is 2.49. The maximum atomic E-state index is 2.45. The normalized spacial score (nSPS) is 13.7. The van der Waals surface area contributed by atoms with E-state index in [-0.39, 0.29) is 0 Å². The highest BCUT2D eigenvalue weighted by Crippen LogP contribution is 2.37. The number of fused-ring (bicyclic) bond motifs is 7. The second-order valence-electron chi connectivity index (χ2n) is 9.35. The van der Waals surface area contributed by atoms with E-state index in [1.807, 2.05) is 0 Å². The molecule has 0 radical (unpaired) electrons. The zero-order chi connectivity index (χ0) is 22.7. The van der Waals surface area contributed by atoms with E-state index in [1.165, 1.54) is 53.8 Å². The van der Waals surface area contributed by atoms with E-state index in [2.05, 4.69) is 134 Å². The van der Waals surface area contributed by atoms with Crippen LogP contribution >= 0.6 is 0 Å². The van der Waals surface area contributed by atoms with Crippen LogP contribution in [0, 0.1) is 6.92 Å². The first-order chi connectivity index (χ1) is 16.8. The summed E-state index contributed by atoms with van der Waals surface area (Å²) in [6.45, 7) is 2.27. The number of hydrogen-bond donors (Lipinski definition) is 0. The topological polar surface area (TPSA) is 0 Å². The number of hydrogen-bond acceptors (Lipinski definition) is 0. The van der Waals surface area contributed by atoms with Gasteiger partial charge in [-0.3, -0.25) is 0 Å². The van der Waals surface area contributed by atoms with E-state index in [1.54, 1.807) is 5.19 Å². The SMILES string of the molecule is Cc1cc2c(c3c1ccc1ccccc13)[Si](c1ccccc1)(c1ccccc1)c1ccccc1-2. The molecule has 0 spiro atoms. The minimum absolute atomic E-state index is 1.31. The van der Waals surface area contributed by atoms with Crippen molar-refractivity contribution in [1.82, 2.24) is 0 Å². The van der Waals surface area contributed by atoms with Gasteiger partial charge in [0, 0.05) is 0 Å². The Morgan fingerprint density at radius 1 is 0.500 bits per heavy atom. The van der Waals surface area contributed by atoms with Crippen LogP contribution in [0.15, 0.2) is 127 Å². The molecule has 0 atom stereocenters. The number of benzene rings is 6. The van der Waals surface area contributed by atoms with Crippen molar-refractivity contribution in [2.45, 2.75) is 6.92 Å². The molecule has 7 rings (SSSR count). The molecule has 0 unspecified atom stereocenters. The molecular weight excluding hydrogens is 424 g/mol. The van der Waals surface area contributed by atoms with Gasteiger partial charge in [-0.2, -0.15) is 0 Å². The van der Waals surface area contributed by atoms with Crippen LogP contribution in [0.25, 0.3) is 32.7 Å². The monoisotopic (exact) mass is 448 g/mol. The molecule has 0 bridgehead atoms. The Bertz CT molecular complexity index is 1660. The molecule has 0 aromatic heterocycles. The lowest BCUT2D eigenvalue weighted by molar-refractivity contribution is 1.54. The average molecular weight is 449 g/mol. The van der Waals surface area contributed by atoms with Crippen molar-refractivity contribution in [3.63, 3.8) is 0 Å². The number of aryl methyl sites for hydroxylation is 1. The van der Waals surface area contributed by atoms with Gasteiger partial charge in [0.25, 0.3) is 0 Å². The third-order valence-electron chi connectivity index (χ3n) is 7.64. The van der Waals surface area contributed by atoms with Gasteiger partial charge in [0.1, 0.15) is 0 Å². The highest BCUT2D eigenvalue weighted by molar-refractivity contribution is 7.23.